The molecule has 0 saturated carbocycles. The van der Waals surface area contributed by atoms with E-state index in [9.17, 15) is 9.18 Å². The van der Waals surface area contributed by atoms with Gasteiger partial charge in [0, 0.05) is 22.6 Å². The standard InChI is InChI=1S/C19H13FN2O3S/c20-14-4-2-1-3-12(14)6-8-18(23)22-19-21-15(10-26-19)13-5-7-16-17(9-13)25-11-24-16/h1-10H,11H2,(H,21,22,23)/b8-6+. The van der Waals surface area contributed by atoms with Crippen molar-refractivity contribution >= 4 is 28.5 Å². The molecular formula is C19H13FN2O3S. The fraction of sp³-hybridized carbons (Fsp3) is 0.0526. The third-order valence-electron chi connectivity index (χ3n) is 3.72. The molecule has 1 N–H and O–H groups in total. The minimum absolute atomic E-state index is 0.214. The number of amides is 1. The van der Waals surface area contributed by atoms with Crippen molar-refractivity contribution in [2.45, 2.75) is 0 Å². The van der Waals surface area contributed by atoms with Crippen LogP contribution in [0.15, 0.2) is 53.9 Å². The fourth-order valence-corrected chi connectivity index (χ4v) is 3.17. The zero-order chi connectivity index (χ0) is 17.9. The van der Waals surface area contributed by atoms with Crippen molar-refractivity contribution in [2.75, 3.05) is 12.1 Å². The summed E-state index contributed by atoms with van der Waals surface area (Å²) in [5.41, 5.74) is 1.94. The molecule has 7 heteroatoms. The van der Waals surface area contributed by atoms with Crippen LogP contribution in [0.2, 0.25) is 0 Å². The highest BCUT2D eigenvalue weighted by Gasteiger charge is 2.15. The average molecular weight is 368 g/mol. The normalized spacial score (nSPS) is 12.5. The number of halogens is 1. The molecule has 26 heavy (non-hydrogen) atoms. The molecule has 0 aliphatic carbocycles. The summed E-state index contributed by atoms with van der Waals surface area (Å²) in [5, 5.41) is 4.98. The highest BCUT2D eigenvalue weighted by atomic mass is 32.1. The Bertz CT molecular complexity index is 1000. The first kappa shape index (κ1) is 16.3. The third kappa shape index (κ3) is 3.43. The second kappa shape index (κ2) is 6.97. The van der Waals surface area contributed by atoms with E-state index in [2.05, 4.69) is 10.3 Å². The molecule has 1 aliphatic rings. The number of fused-ring (bicyclic) bond motifs is 1. The summed E-state index contributed by atoms with van der Waals surface area (Å²) >= 11 is 1.31. The summed E-state index contributed by atoms with van der Waals surface area (Å²) in [6.45, 7) is 0.214. The maximum absolute atomic E-state index is 13.5. The molecule has 0 saturated heterocycles. The predicted molar refractivity (Wildman–Crippen MR) is 97.7 cm³/mol. The van der Waals surface area contributed by atoms with Gasteiger partial charge in [-0.25, -0.2) is 9.37 Å². The van der Waals surface area contributed by atoms with Crippen LogP contribution >= 0.6 is 11.3 Å². The number of carbonyl (C=O) groups is 1. The van der Waals surface area contributed by atoms with E-state index in [4.69, 9.17) is 9.47 Å². The highest BCUT2D eigenvalue weighted by molar-refractivity contribution is 7.14. The topological polar surface area (TPSA) is 60.5 Å². The summed E-state index contributed by atoms with van der Waals surface area (Å²) in [6, 6.07) is 11.8. The van der Waals surface area contributed by atoms with E-state index in [0.717, 1.165) is 11.3 Å². The van der Waals surface area contributed by atoms with Crippen LogP contribution in [0.5, 0.6) is 11.5 Å². The van der Waals surface area contributed by atoms with E-state index >= 15 is 0 Å². The van der Waals surface area contributed by atoms with Gasteiger partial charge in [-0.3, -0.25) is 10.1 Å². The summed E-state index contributed by atoms with van der Waals surface area (Å²) in [6.07, 6.45) is 2.71. The second-order valence-electron chi connectivity index (χ2n) is 5.45. The summed E-state index contributed by atoms with van der Waals surface area (Å²) < 4.78 is 24.2. The van der Waals surface area contributed by atoms with Gasteiger partial charge in [0.2, 0.25) is 12.7 Å². The van der Waals surface area contributed by atoms with Gasteiger partial charge in [0.15, 0.2) is 16.6 Å². The molecule has 1 aromatic heterocycles. The summed E-state index contributed by atoms with van der Waals surface area (Å²) in [5.74, 6) is 0.625. The van der Waals surface area contributed by atoms with Crippen molar-refractivity contribution in [2.24, 2.45) is 0 Å². The SMILES string of the molecule is O=C(/C=C/c1ccccc1F)Nc1nc(-c2ccc3c(c2)OCO3)cs1. The van der Waals surface area contributed by atoms with Crippen LogP contribution in [0.3, 0.4) is 0 Å². The molecular weight excluding hydrogens is 355 g/mol. The lowest BCUT2D eigenvalue weighted by molar-refractivity contribution is -0.111. The predicted octanol–water partition coefficient (Wildman–Crippen LogP) is 4.33. The molecule has 2 heterocycles. The molecule has 1 amide bonds. The fourth-order valence-electron chi connectivity index (χ4n) is 2.44. The molecule has 0 atom stereocenters. The first-order chi connectivity index (χ1) is 12.7. The minimum Gasteiger partial charge on any atom is -0.454 e. The zero-order valence-corrected chi connectivity index (χ0v) is 14.3. The van der Waals surface area contributed by atoms with E-state index in [1.807, 2.05) is 23.6 Å². The number of hydrogen-bond donors (Lipinski definition) is 1. The van der Waals surface area contributed by atoms with Crippen molar-refractivity contribution in [1.29, 1.82) is 0 Å². The molecule has 0 bridgehead atoms. The molecule has 0 spiro atoms. The van der Waals surface area contributed by atoms with Crippen LogP contribution in [-0.4, -0.2) is 17.7 Å². The Balaban J connectivity index is 1.45. The van der Waals surface area contributed by atoms with Gasteiger partial charge in [-0.2, -0.15) is 0 Å². The van der Waals surface area contributed by atoms with E-state index in [-0.39, 0.29) is 18.5 Å². The molecule has 5 nitrogen and oxygen atoms in total. The van der Waals surface area contributed by atoms with Gasteiger partial charge in [0.05, 0.1) is 5.69 Å². The number of ether oxygens (including phenoxy) is 2. The quantitative estimate of drug-likeness (QED) is 0.697. The van der Waals surface area contributed by atoms with Crippen LogP contribution in [0, 0.1) is 5.82 Å². The van der Waals surface area contributed by atoms with Gasteiger partial charge in [-0.1, -0.05) is 18.2 Å². The number of rotatable bonds is 4. The number of benzene rings is 2. The number of hydrogen-bond acceptors (Lipinski definition) is 5. The van der Waals surface area contributed by atoms with E-state index < -0.39 is 0 Å². The molecule has 3 aromatic rings. The Morgan fingerprint density at radius 2 is 2.04 bits per heavy atom. The smallest absolute Gasteiger partial charge is 0.250 e. The maximum atomic E-state index is 13.5. The zero-order valence-electron chi connectivity index (χ0n) is 13.4. The Labute approximate surface area is 152 Å². The Morgan fingerprint density at radius 1 is 1.19 bits per heavy atom. The lowest BCUT2D eigenvalue weighted by Crippen LogP contribution is -2.07. The highest BCUT2D eigenvalue weighted by Crippen LogP contribution is 2.36. The van der Waals surface area contributed by atoms with Gasteiger partial charge in [-0.15, -0.1) is 11.3 Å². The lowest BCUT2D eigenvalue weighted by atomic mass is 10.1. The molecule has 0 radical (unpaired) electrons. The largest absolute Gasteiger partial charge is 0.454 e. The van der Waals surface area contributed by atoms with Crippen LogP contribution in [0.4, 0.5) is 9.52 Å². The Hall–Kier alpha value is -3.19. The number of nitrogens with zero attached hydrogens (tertiary/aromatic N) is 1. The van der Waals surface area contributed by atoms with E-state index in [1.165, 1.54) is 29.6 Å². The molecule has 0 unspecified atom stereocenters. The summed E-state index contributed by atoms with van der Waals surface area (Å²) in [4.78, 5) is 16.4. The van der Waals surface area contributed by atoms with E-state index in [1.54, 1.807) is 18.2 Å². The average Bonchev–Trinajstić information content (AvgIpc) is 3.29. The number of nitrogens with one attached hydrogen (secondary N) is 1. The Morgan fingerprint density at radius 3 is 2.92 bits per heavy atom. The molecule has 2 aromatic carbocycles. The van der Waals surface area contributed by atoms with Gasteiger partial charge in [0.25, 0.3) is 0 Å². The number of carbonyl (C=O) groups excluding carboxylic acids is 1. The third-order valence-corrected chi connectivity index (χ3v) is 4.48. The van der Waals surface area contributed by atoms with Crippen LogP contribution in [0.25, 0.3) is 17.3 Å². The van der Waals surface area contributed by atoms with Crippen LogP contribution < -0.4 is 14.8 Å². The van der Waals surface area contributed by atoms with E-state index in [0.29, 0.717) is 22.2 Å². The lowest BCUT2D eigenvalue weighted by Gasteiger charge is -2.00. The van der Waals surface area contributed by atoms with Gasteiger partial charge >= 0.3 is 0 Å². The monoisotopic (exact) mass is 368 g/mol. The number of aromatic nitrogens is 1. The van der Waals surface area contributed by atoms with Crippen molar-refractivity contribution in [1.82, 2.24) is 4.98 Å². The minimum atomic E-state index is -0.379. The van der Waals surface area contributed by atoms with Crippen molar-refractivity contribution in [3.63, 3.8) is 0 Å². The van der Waals surface area contributed by atoms with Gasteiger partial charge in [-0.05, 0) is 30.3 Å². The number of anilines is 1. The van der Waals surface area contributed by atoms with Crippen molar-refractivity contribution in [3.05, 3.63) is 65.3 Å². The Kier molecular flexibility index (Phi) is 4.37. The second-order valence-corrected chi connectivity index (χ2v) is 6.31. The maximum Gasteiger partial charge on any atom is 0.250 e. The van der Waals surface area contributed by atoms with Crippen molar-refractivity contribution in [3.8, 4) is 22.8 Å². The van der Waals surface area contributed by atoms with Gasteiger partial charge in [0.1, 0.15) is 5.82 Å². The first-order valence-electron chi connectivity index (χ1n) is 7.78. The molecule has 0 fully saturated rings. The van der Waals surface area contributed by atoms with Gasteiger partial charge < -0.3 is 9.47 Å². The van der Waals surface area contributed by atoms with Crippen LogP contribution in [-0.2, 0) is 4.79 Å². The molecule has 130 valence electrons. The molecule has 4 rings (SSSR count). The summed E-state index contributed by atoms with van der Waals surface area (Å²) in [7, 11) is 0. The first-order valence-corrected chi connectivity index (χ1v) is 8.66. The van der Waals surface area contributed by atoms with Crippen LogP contribution in [0.1, 0.15) is 5.56 Å². The van der Waals surface area contributed by atoms with Crippen molar-refractivity contribution < 1.29 is 18.7 Å². The molecule has 1 aliphatic heterocycles. The number of thiazole rings is 1.